The summed E-state index contributed by atoms with van der Waals surface area (Å²) >= 11 is 0. The lowest BCUT2D eigenvalue weighted by Gasteiger charge is -2.25. The number of nitrogens with one attached hydrogen (secondary N) is 4. The van der Waals surface area contributed by atoms with Gasteiger partial charge in [0.05, 0.1) is 25.1 Å². The van der Waals surface area contributed by atoms with Crippen LogP contribution in [0.2, 0.25) is 0 Å². The second-order valence-corrected chi connectivity index (χ2v) is 7.71. The number of H-pyrrole nitrogens is 1. The summed E-state index contributed by atoms with van der Waals surface area (Å²) in [6.45, 7) is 0.494. The maximum Gasteiger partial charge on any atom is 0.326 e. The zero-order valence-corrected chi connectivity index (χ0v) is 19.2. The first-order chi connectivity index (χ1) is 16.5. The Hall–Kier alpha value is -3.76. The highest BCUT2D eigenvalue weighted by Gasteiger charge is 2.32. The maximum absolute atomic E-state index is 12.6. The Kier molecular flexibility index (Phi) is 12.1. The number of carbonyl (C=O) groups excluding carboxylic acids is 3. The minimum Gasteiger partial charge on any atom is -0.480 e. The number of aromatic nitrogens is 2. The van der Waals surface area contributed by atoms with E-state index in [1.165, 1.54) is 19.4 Å². The third kappa shape index (κ3) is 10.4. The molecule has 0 saturated heterocycles. The van der Waals surface area contributed by atoms with Crippen molar-refractivity contribution >= 4 is 29.7 Å². The van der Waals surface area contributed by atoms with E-state index in [1.807, 2.05) is 0 Å². The van der Waals surface area contributed by atoms with Crippen molar-refractivity contribution in [3.8, 4) is 0 Å². The summed E-state index contributed by atoms with van der Waals surface area (Å²) < 4.78 is 0. The van der Waals surface area contributed by atoms with Gasteiger partial charge in [-0.25, -0.2) is 9.78 Å². The molecular weight excluding hydrogens is 466 g/mol. The Morgan fingerprint density at radius 3 is 2.29 bits per heavy atom. The molecule has 0 radical (unpaired) electrons. The first kappa shape index (κ1) is 29.3. The molecule has 16 heteroatoms. The van der Waals surface area contributed by atoms with Crippen molar-refractivity contribution in [2.45, 2.75) is 56.5 Å². The fraction of sp³-hybridized carbons (Fsp3) is 0.579. The minimum absolute atomic E-state index is 0.0233. The molecule has 0 aliphatic heterocycles. The van der Waals surface area contributed by atoms with E-state index in [-0.39, 0.29) is 31.8 Å². The number of aliphatic hydroxyl groups is 2. The summed E-state index contributed by atoms with van der Waals surface area (Å²) in [4.78, 5) is 59.2. The highest BCUT2D eigenvalue weighted by molar-refractivity contribution is 5.94. The topological polar surface area (TPSA) is 284 Å². The molecule has 0 aliphatic carbocycles. The fourth-order valence-corrected chi connectivity index (χ4v) is 2.88. The van der Waals surface area contributed by atoms with Crippen LogP contribution in [0, 0.1) is 0 Å². The van der Waals surface area contributed by atoms with Gasteiger partial charge in [-0.3, -0.25) is 19.4 Å². The molecule has 5 atom stereocenters. The van der Waals surface area contributed by atoms with Gasteiger partial charge < -0.3 is 53.5 Å². The predicted molar refractivity (Wildman–Crippen MR) is 122 cm³/mol. The van der Waals surface area contributed by atoms with E-state index in [9.17, 15) is 34.5 Å². The Bertz CT molecular complexity index is 872. The molecule has 1 aromatic rings. The quantitative estimate of drug-likeness (QED) is 0.0620. The average molecular weight is 500 g/mol. The number of amides is 3. The molecule has 0 aromatic carbocycles. The van der Waals surface area contributed by atoms with E-state index in [2.05, 4.69) is 30.9 Å². The SMILES string of the molecule is CC(O)C(NC(=O)C(N)Cc1cnc[nH]1)C(=O)NC(CO)C(=O)NC(CCCN=C(N)N)C(=O)O. The molecular formula is C19H33N9O7. The molecule has 1 heterocycles. The molecule has 1 aromatic heterocycles. The molecule has 1 rings (SSSR count). The van der Waals surface area contributed by atoms with Gasteiger partial charge in [0.2, 0.25) is 17.7 Å². The number of aliphatic hydroxyl groups excluding tert-OH is 2. The Morgan fingerprint density at radius 1 is 1.11 bits per heavy atom. The van der Waals surface area contributed by atoms with Gasteiger partial charge >= 0.3 is 5.97 Å². The van der Waals surface area contributed by atoms with E-state index < -0.39 is 60.6 Å². The summed E-state index contributed by atoms with van der Waals surface area (Å²) in [5.74, 6) is -4.23. The number of aliphatic carboxylic acids is 1. The number of aliphatic imine (C=N–C) groups is 1. The molecule has 5 unspecified atom stereocenters. The van der Waals surface area contributed by atoms with Crippen molar-refractivity contribution in [1.82, 2.24) is 25.9 Å². The maximum atomic E-state index is 12.6. The zero-order chi connectivity index (χ0) is 26.5. The van der Waals surface area contributed by atoms with Crippen LogP contribution in [0.25, 0.3) is 0 Å². The van der Waals surface area contributed by atoms with E-state index in [4.69, 9.17) is 17.2 Å². The van der Waals surface area contributed by atoms with Crippen LogP contribution in [-0.2, 0) is 25.6 Å². The Morgan fingerprint density at radius 2 is 1.77 bits per heavy atom. The normalized spacial score (nSPS) is 15.1. The van der Waals surface area contributed by atoms with Crippen molar-refractivity contribution in [3.63, 3.8) is 0 Å². The molecule has 35 heavy (non-hydrogen) atoms. The molecule has 0 fully saturated rings. The number of aromatic amines is 1. The number of hydrogen-bond acceptors (Lipinski definition) is 9. The molecule has 0 spiro atoms. The van der Waals surface area contributed by atoms with Crippen LogP contribution in [0.3, 0.4) is 0 Å². The van der Waals surface area contributed by atoms with E-state index in [0.29, 0.717) is 5.69 Å². The average Bonchev–Trinajstić information content (AvgIpc) is 3.29. The summed E-state index contributed by atoms with van der Waals surface area (Å²) in [6, 6.07) is -5.47. The third-order valence-electron chi connectivity index (χ3n) is 4.77. The number of hydrogen-bond donors (Lipinski definition) is 10. The van der Waals surface area contributed by atoms with Crippen LogP contribution in [0.5, 0.6) is 0 Å². The van der Waals surface area contributed by atoms with Gasteiger partial charge in [-0.1, -0.05) is 0 Å². The number of carboxylic acid groups (broad SMARTS) is 1. The van der Waals surface area contributed by atoms with E-state index >= 15 is 0 Å². The number of rotatable bonds is 15. The molecule has 3 amide bonds. The van der Waals surface area contributed by atoms with Gasteiger partial charge in [-0.2, -0.15) is 0 Å². The lowest BCUT2D eigenvalue weighted by molar-refractivity contribution is -0.143. The van der Waals surface area contributed by atoms with E-state index in [0.717, 1.165) is 0 Å². The predicted octanol–water partition coefficient (Wildman–Crippen LogP) is -4.75. The molecule has 196 valence electrons. The van der Waals surface area contributed by atoms with Crippen molar-refractivity contribution in [1.29, 1.82) is 0 Å². The van der Waals surface area contributed by atoms with Crippen LogP contribution in [0.15, 0.2) is 17.5 Å². The first-order valence-corrected chi connectivity index (χ1v) is 10.7. The highest BCUT2D eigenvalue weighted by atomic mass is 16.4. The van der Waals surface area contributed by atoms with Gasteiger partial charge in [0, 0.05) is 24.9 Å². The van der Waals surface area contributed by atoms with Crippen LogP contribution >= 0.6 is 0 Å². The minimum atomic E-state index is -1.56. The van der Waals surface area contributed by atoms with Gasteiger partial charge in [-0.05, 0) is 19.8 Å². The first-order valence-electron chi connectivity index (χ1n) is 10.7. The van der Waals surface area contributed by atoms with Gasteiger partial charge in [0.25, 0.3) is 0 Å². The van der Waals surface area contributed by atoms with Crippen LogP contribution < -0.4 is 33.2 Å². The van der Waals surface area contributed by atoms with Crippen LogP contribution in [0.4, 0.5) is 0 Å². The standard InChI is InChI=1S/C19H33N9O7/c1-9(30)14(28-15(31)11(20)5-10-6-23-8-25-10)17(33)27-13(7-29)16(32)26-12(18(34)35)3-2-4-24-19(21)22/h6,8-9,11-14,29-30H,2-5,7,20H2,1H3,(H,23,25)(H,26,32)(H,27,33)(H,28,31)(H,34,35)(H4,21,22,24). The number of imidazole rings is 1. The van der Waals surface area contributed by atoms with Crippen LogP contribution in [0.1, 0.15) is 25.5 Å². The van der Waals surface area contributed by atoms with Crippen molar-refractivity contribution < 1.29 is 34.5 Å². The second kappa shape index (κ2) is 14.5. The van der Waals surface area contributed by atoms with Crippen molar-refractivity contribution in [3.05, 3.63) is 18.2 Å². The van der Waals surface area contributed by atoms with Crippen molar-refractivity contribution in [2.24, 2.45) is 22.2 Å². The summed E-state index contributed by atoms with van der Waals surface area (Å²) in [7, 11) is 0. The molecule has 16 nitrogen and oxygen atoms in total. The lowest BCUT2D eigenvalue weighted by Crippen LogP contribution is -2.60. The third-order valence-corrected chi connectivity index (χ3v) is 4.77. The monoisotopic (exact) mass is 499 g/mol. The lowest BCUT2D eigenvalue weighted by atomic mass is 10.1. The molecule has 0 bridgehead atoms. The number of nitrogens with zero attached hydrogens (tertiary/aromatic N) is 2. The zero-order valence-electron chi connectivity index (χ0n) is 19.2. The van der Waals surface area contributed by atoms with Gasteiger partial charge in [-0.15, -0.1) is 0 Å². The number of carbonyl (C=O) groups is 4. The smallest absolute Gasteiger partial charge is 0.326 e. The summed E-state index contributed by atoms with van der Waals surface area (Å²) in [5, 5.41) is 35.5. The van der Waals surface area contributed by atoms with Crippen molar-refractivity contribution in [2.75, 3.05) is 13.2 Å². The summed E-state index contributed by atoms with van der Waals surface area (Å²) in [6.07, 6.45) is 1.79. The Labute approximate surface area is 200 Å². The van der Waals surface area contributed by atoms with Crippen LogP contribution in [-0.4, -0.2) is 98.4 Å². The number of guanidine groups is 1. The number of carboxylic acids is 1. The highest BCUT2D eigenvalue weighted by Crippen LogP contribution is 2.02. The second-order valence-electron chi connectivity index (χ2n) is 7.71. The Balaban J connectivity index is 2.74. The van der Waals surface area contributed by atoms with Gasteiger partial charge in [0.1, 0.15) is 18.1 Å². The van der Waals surface area contributed by atoms with E-state index in [1.54, 1.807) is 0 Å². The summed E-state index contributed by atoms with van der Waals surface area (Å²) in [5.41, 5.74) is 16.8. The largest absolute Gasteiger partial charge is 0.480 e. The van der Waals surface area contributed by atoms with Gasteiger partial charge in [0.15, 0.2) is 5.96 Å². The fourth-order valence-electron chi connectivity index (χ4n) is 2.88. The molecule has 0 saturated carbocycles. The molecule has 13 N–H and O–H groups in total. The molecule has 0 aliphatic rings. The number of nitrogens with two attached hydrogens (primary N) is 3.